The number of esters is 1. The SMILES string of the molecule is CCCCCCCCCCCCCCCOc1ccc(C(=O)Oc2ccc3c(c2)C(=O)c2cc(OCCCC)ccc2-3)cc1. The number of carbonyl (C=O) groups is 2. The summed E-state index contributed by atoms with van der Waals surface area (Å²) in [6.45, 7) is 5.69. The van der Waals surface area contributed by atoms with Gasteiger partial charge in [0.05, 0.1) is 18.8 Å². The predicted molar refractivity (Wildman–Crippen MR) is 178 cm³/mol. The first-order valence-electron chi connectivity index (χ1n) is 17.0. The van der Waals surface area contributed by atoms with E-state index in [-0.39, 0.29) is 5.78 Å². The van der Waals surface area contributed by atoms with Gasteiger partial charge in [0, 0.05) is 11.1 Å². The van der Waals surface area contributed by atoms with Crippen molar-refractivity contribution in [1.82, 2.24) is 0 Å². The Morgan fingerprint density at radius 3 is 1.55 bits per heavy atom. The molecule has 0 aromatic heterocycles. The van der Waals surface area contributed by atoms with Gasteiger partial charge in [-0.05, 0) is 84.6 Å². The Morgan fingerprint density at radius 1 is 0.500 bits per heavy atom. The largest absolute Gasteiger partial charge is 0.494 e. The highest BCUT2D eigenvalue weighted by Crippen LogP contribution is 2.40. The van der Waals surface area contributed by atoms with Gasteiger partial charge in [0.2, 0.25) is 0 Å². The van der Waals surface area contributed by atoms with Crippen LogP contribution in [0, 0.1) is 0 Å². The minimum atomic E-state index is -0.470. The molecule has 5 nitrogen and oxygen atoms in total. The summed E-state index contributed by atoms with van der Waals surface area (Å²) in [5, 5.41) is 0. The molecule has 236 valence electrons. The molecule has 44 heavy (non-hydrogen) atoms. The van der Waals surface area contributed by atoms with E-state index in [0.29, 0.717) is 41.4 Å². The third kappa shape index (κ3) is 9.97. The lowest BCUT2D eigenvalue weighted by Crippen LogP contribution is -2.09. The Hall–Kier alpha value is -3.60. The summed E-state index contributed by atoms with van der Waals surface area (Å²) >= 11 is 0. The molecule has 0 spiro atoms. The van der Waals surface area contributed by atoms with E-state index >= 15 is 0 Å². The number of ketones is 1. The fourth-order valence-corrected chi connectivity index (χ4v) is 5.69. The smallest absolute Gasteiger partial charge is 0.343 e. The van der Waals surface area contributed by atoms with Crippen LogP contribution in [0.15, 0.2) is 60.7 Å². The third-order valence-corrected chi connectivity index (χ3v) is 8.35. The highest BCUT2D eigenvalue weighted by molar-refractivity contribution is 6.22. The van der Waals surface area contributed by atoms with Crippen LogP contribution >= 0.6 is 0 Å². The first-order chi connectivity index (χ1) is 21.6. The van der Waals surface area contributed by atoms with Crippen LogP contribution in [0.5, 0.6) is 17.2 Å². The molecule has 5 heteroatoms. The van der Waals surface area contributed by atoms with Crippen molar-refractivity contribution in [2.45, 2.75) is 110 Å². The van der Waals surface area contributed by atoms with E-state index in [1.54, 1.807) is 30.3 Å². The summed E-state index contributed by atoms with van der Waals surface area (Å²) in [6.07, 6.45) is 19.2. The fraction of sp³-hybridized carbons (Fsp3) is 0.487. The molecule has 0 fully saturated rings. The Kier molecular flexibility index (Phi) is 13.8. The van der Waals surface area contributed by atoms with E-state index < -0.39 is 5.97 Å². The minimum Gasteiger partial charge on any atom is -0.494 e. The lowest BCUT2D eigenvalue weighted by atomic mass is 10.0. The van der Waals surface area contributed by atoms with Gasteiger partial charge in [-0.1, -0.05) is 97.3 Å². The van der Waals surface area contributed by atoms with Crippen molar-refractivity contribution in [3.8, 4) is 28.4 Å². The van der Waals surface area contributed by atoms with Crippen molar-refractivity contribution in [2.24, 2.45) is 0 Å². The lowest BCUT2D eigenvalue weighted by molar-refractivity contribution is 0.0734. The molecule has 0 amide bonds. The van der Waals surface area contributed by atoms with Crippen molar-refractivity contribution in [2.75, 3.05) is 13.2 Å². The summed E-state index contributed by atoms with van der Waals surface area (Å²) in [5.74, 6) is 1.24. The monoisotopic (exact) mass is 598 g/mol. The van der Waals surface area contributed by atoms with Crippen LogP contribution in [0.1, 0.15) is 136 Å². The van der Waals surface area contributed by atoms with Crippen LogP contribution in [-0.2, 0) is 0 Å². The van der Waals surface area contributed by atoms with E-state index in [1.807, 2.05) is 30.3 Å². The number of carbonyl (C=O) groups excluding carboxylic acids is 2. The second-order valence-electron chi connectivity index (χ2n) is 12.0. The quantitative estimate of drug-likeness (QED) is 0.0542. The number of fused-ring (bicyclic) bond motifs is 3. The summed E-state index contributed by atoms with van der Waals surface area (Å²) in [7, 11) is 0. The number of hydrogen-bond acceptors (Lipinski definition) is 5. The molecule has 0 radical (unpaired) electrons. The molecular weight excluding hydrogens is 548 g/mol. The van der Waals surface area contributed by atoms with Gasteiger partial charge in [0.15, 0.2) is 5.78 Å². The maximum Gasteiger partial charge on any atom is 0.343 e. The van der Waals surface area contributed by atoms with E-state index in [4.69, 9.17) is 14.2 Å². The van der Waals surface area contributed by atoms with E-state index in [2.05, 4.69) is 13.8 Å². The molecule has 0 unspecified atom stereocenters. The van der Waals surface area contributed by atoms with Crippen molar-refractivity contribution in [1.29, 1.82) is 0 Å². The molecular formula is C39H50O5. The zero-order valence-corrected chi connectivity index (χ0v) is 26.8. The highest BCUT2D eigenvalue weighted by atomic mass is 16.5. The summed E-state index contributed by atoms with van der Waals surface area (Å²) in [4.78, 5) is 26.0. The second-order valence-corrected chi connectivity index (χ2v) is 12.0. The fourth-order valence-electron chi connectivity index (χ4n) is 5.69. The minimum absolute atomic E-state index is 0.0844. The van der Waals surface area contributed by atoms with Gasteiger partial charge in [-0.3, -0.25) is 4.79 Å². The Labute approximate surface area is 264 Å². The molecule has 1 aliphatic rings. The van der Waals surface area contributed by atoms with Gasteiger partial charge < -0.3 is 14.2 Å². The molecule has 4 rings (SSSR count). The van der Waals surface area contributed by atoms with E-state index in [9.17, 15) is 9.59 Å². The highest BCUT2D eigenvalue weighted by Gasteiger charge is 2.28. The molecule has 0 aliphatic heterocycles. The molecule has 3 aromatic carbocycles. The number of unbranched alkanes of at least 4 members (excludes halogenated alkanes) is 13. The normalized spacial score (nSPS) is 11.7. The molecule has 0 atom stereocenters. The number of ether oxygens (including phenoxy) is 3. The van der Waals surface area contributed by atoms with Gasteiger partial charge >= 0.3 is 5.97 Å². The lowest BCUT2D eigenvalue weighted by Gasteiger charge is -2.09. The van der Waals surface area contributed by atoms with Crippen LogP contribution in [0.3, 0.4) is 0 Å². The average Bonchev–Trinajstić information content (AvgIpc) is 3.32. The second kappa shape index (κ2) is 18.3. The Bertz CT molecular complexity index is 1330. The Morgan fingerprint density at radius 2 is 0.955 bits per heavy atom. The molecule has 0 saturated heterocycles. The van der Waals surface area contributed by atoms with Crippen LogP contribution < -0.4 is 14.2 Å². The zero-order chi connectivity index (χ0) is 31.0. The molecule has 0 heterocycles. The van der Waals surface area contributed by atoms with E-state index in [0.717, 1.165) is 36.1 Å². The molecule has 0 bridgehead atoms. The van der Waals surface area contributed by atoms with Crippen LogP contribution in [0.25, 0.3) is 11.1 Å². The standard InChI is InChI=1S/C39H50O5/c1-3-5-7-8-9-10-11-12-13-14-15-16-17-27-42-31-20-18-30(19-21-31)39(41)44-33-23-25-35-34-24-22-32(43-26-6-4-2)28-36(34)38(40)37(35)29-33/h18-25,28-29H,3-17,26-27H2,1-2H3. The van der Waals surface area contributed by atoms with Gasteiger partial charge in [-0.25, -0.2) is 4.79 Å². The average molecular weight is 599 g/mol. The van der Waals surface area contributed by atoms with Gasteiger partial charge in [0.1, 0.15) is 17.2 Å². The molecule has 0 N–H and O–H groups in total. The van der Waals surface area contributed by atoms with Crippen LogP contribution in [0.2, 0.25) is 0 Å². The van der Waals surface area contributed by atoms with Crippen LogP contribution in [0.4, 0.5) is 0 Å². The number of benzene rings is 3. The van der Waals surface area contributed by atoms with Crippen LogP contribution in [-0.4, -0.2) is 25.0 Å². The summed E-state index contributed by atoms with van der Waals surface area (Å²) in [5.41, 5.74) is 3.30. The molecule has 0 saturated carbocycles. The van der Waals surface area contributed by atoms with Crippen molar-refractivity contribution in [3.63, 3.8) is 0 Å². The van der Waals surface area contributed by atoms with Crippen molar-refractivity contribution in [3.05, 3.63) is 77.4 Å². The first kappa shape index (κ1) is 33.3. The van der Waals surface area contributed by atoms with Gasteiger partial charge in [-0.2, -0.15) is 0 Å². The predicted octanol–water partition coefficient (Wildman–Crippen LogP) is 10.8. The zero-order valence-electron chi connectivity index (χ0n) is 26.8. The summed E-state index contributed by atoms with van der Waals surface area (Å²) in [6, 6.07) is 17.9. The maximum atomic E-state index is 13.1. The van der Waals surface area contributed by atoms with Crippen molar-refractivity contribution >= 4 is 11.8 Å². The molecule has 3 aromatic rings. The van der Waals surface area contributed by atoms with E-state index in [1.165, 1.54) is 77.0 Å². The Balaban J connectivity index is 1.14. The number of rotatable bonds is 21. The van der Waals surface area contributed by atoms with Gasteiger partial charge in [0.25, 0.3) is 0 Å². The van der Waals surface area contributed by atoms with Crippen molar-refractivity contribution < 1.29 is 23.8 Å². The summed E-state index contributed by atoms with van der Waals surface area (Å²) < 4.78 is 17.3. The maximum absolute atomic E-state index is 13.1. The van der Waals surface area contributed by atoms with Gasteiger partial charge in [-0.15, -0.1) is 0 Å². The molecule has 1 aliphatic carbocycles. The first-order valence-corrected chi connectivity index (χ1v) is 17.0. The number of hydrogen-bond donors (Lipinski definition) is 0. The third-order valence-electron chi connectivity index (χ3n) is 8.35. The topological polar surface area (TPSA) is 61.8 Å².